The van der Waals surface area contributed by atoms with Crippen LogP contribution in [0.25, 0.3) is 10.9 Å². The minimum atomic E-state index is -0.527. The molecule has 0 fully saturated rings. The molecular formula is C18H19NO3. The number of unbranched alkanes of at least 4 members (excludes halogenated alkanes) is 1. The predicted octanol–water partition coefficient (Wildman–Crippen LogP) is 2.48. The normalized spacial score (nSPS) is 11.5. The molecule has 22 heavy (non-hydrogen) atoms. The fraction of sp³-hybridized carbons (Fsp3) is 0.333. The van der Waals surface area contributed by atoms with E-state index in [-0.39, 0.29) is 0 Å². The SMILES string of the molecule is COC(=O)C#CCCCC(O)Cc1ccc2ccccc2n1. The Labute approximate surface area is 130 Å². The molecule has 0 amide bonds. The fourth-order valence-electron chi connectivity index (χ4n) is 2.18. The maximum atomic E-state index is 10.8. The molecule has 0 spiro atoms. The van der Waals surface area contributed by atoms with Crippen molar-refractivity contribution < 1.29 is 14.6 Å². The van der Waals surface area contributed by atoms with E-state index in [1.807, 2.05) is 36.4 Å². The Hall–Kier alpha value is -2.38. The highest BCUT2D eigenvalue weighted by Crippen LogP contribution is 2.14. The van der Waals surface area contributed by atoms with Crippen LogP contribution in [0.15, 0.2) is 36.4 Å². The molecule has 2 aromatic rings. The Bertz CT molecular complexity index is 700. The Morgan fingerprint density at radius 3 is 2.95 bits per heavy atom. The number of esters is 1. The van der Waals surface area contributed by atoms with Crippen LogP contribution in [0.5, 0.6) is 0 Å². The number of nitrogens with zero attached hydrogens (tertiary/aromatic N) is 1. The quantitative estimate of drug-likeness (QED) is 0.399. The van der Waals surface area contributed by atoms with Crippen LogP contribution in [-0.4, -0.2) is 29.3 Å². The topological polar surface area (TPSA) is 59.4 Å². The van der Waals surface area contributed by atoms with Crippen molar-refractivity contribution in [1.82, 2.24) is 4.98 Å². The molecule has 0 aliphatic heterocycles. The van der Waals surface area contributed by atoms with E-state index in [2.05, 4.69) is 21.6 Å². The molecule has 0 radical (unpaired) electrons. The summed E-state index contributed by atoms with van der Waals surface area (Å²) in [6.45, 7) is 0. The van der Waals surface area contributed by atoms with E-state index in [1.54, 1.807) is 0 Å². The Morgan fingerprint density at radius 2 is 2.14 bits per heavy atom. The summed E-state index contributed by atoms with van der Waals surface area (Å²) < 4.78 is 4.42. The van der Waals surface area contributed by atoms with Crippen LogP contribution < -0.4 is 0 Å². The number of fused-ring (bicyclic) bond motifs is 1. The van der Waals surface area contributed by atoms with E-state index >= 15 is 0 Å². The van der Waals surface area contributed by atoms with E-state index in [0.717, 1.165) is 23.0 Å². The largest absolute Gasteiger partial charge is 0.459 e. The highest BCUT2D eigenvalue weighted by atomic mass is 16.5. The zero-order chi connectivity index (χ0) is 15.8. The molecular weight excluding hydrogens is 278 g/mol. The predicted molar refractivity (Wildman–Crippen MR) is 85.1 cm³/mol. The van der Waals surface area contributed by atoms with Crippen molar-refractivity contribution in [3.63, 3.8) is 0 Å². The van der Waals surface area contributed by atoms with Crippen LogP contribution in [-0.2, 0) is 16.0 Å². The molecule has 1 atom stereocenters. The average Bonchev–Trinajstić information content (AvgIpc) is 2.54. The molecule has 4 heteroatoms. The lowest BCUT2D eigenvalue weighted by Gasteiger charge is -2.09. The van der Waals surface area contributed by atoms with Gasteiger partial charge in [-0.25, -0.2) is 4.79 Å². The summed E-state index contributed by atoms with van der Waals surface area (Å²) in [6.07, 6.45) is 2.00. The van der Waals surface area contributed by atoms with Crippen molar-refractivity contribution in [3.05, 3.63) is 42.1 Å². The minimum Gasteiger partial charge on any atom is -0.459 e. The summed E-state index contributed by atoms with van der Waals surface area (Å²) in [6, 6.07) is 11.9. The number of carbonyl (C=O) groups is 1. The van der Waals surface area contributed by atoms with Crippen molar-refractivity contribution in [2.24, 2.45) is 0 Å². The summed E-state index contributed by atoms with van der Waals surface area (Å²) in [5.41, 5.74) is 1.82. The summed E-state index contributed by atoms with van der Waals surface area (Å²) in [5.74, 6) is 4.57. The third kappa shape index (κ3) is 4.87. The second kappa shape index (κ2) is 8.16. The molecule has 0 aliphatic rings. The summed E-state index contributed by atoms with van der Waals surface area (Å²) >= 11 is 0. The first kappa shape index (κ1) is 16.0. The molecule has 0 aliphatic carbocycles. The number of para-hydroxylation sites is 1. The Morgan fingerprint density at radius 1 is 1.32 bits per heavy atom. The summed E-state index contributed by atoms with van der Waals surface area (Å²) in [4.78, 5) is 15.3. The molecule has 1 aromatic carbocycles. The van der Waals surface area contributed by atoms with Crippen LogP contribution in [0, 0.1) is 11.8 Å². The van der Waals surface area contributed by atoms with Gasteiger partial charge in [-0.1, -0.05) is 30.2 Å². The van der Waals surface area contributed by atoms with Crippen LogP contribution in [0.1, 0.15) is 25.0 Å². The zero-order valence-corrected chi connectivity index (χ0v) is 12.6. The maximum Gasteiger partial charge on any atom is 0.384 e. The number of hydrogen-bond acceptors (Lipinski definition) is 4. The van der Waals surface area contributed by atoms with E-state index in [4.69, 9.17) is 0 Å². The van der Waals surface area contributed by atoms with E-state index in [0.29, 0.717) is 19.3 Å². The van der Waals surface area contributed by atoms with E-state index < -0.39 is 12.1 Å². The van der Waals surface area contributed by atoms with Crippen LogP contribution >= 0.6 is 0 Å². The van der Waals surface area contributed by atoms with Crippen molar-refractivity contribution in [2.75, 3.05) is 7.11 Å². The molecule has 1 heterocycles. The molecule has 0 saturated carbocycles. The second-order valence-corrected chi connectivity index (χ2v) is 5.04. The highest BCUT2D eigenvalue weighted by Gasteiger charge is 2.07. The second-order valence-electron chi connectivity index (χ2n) is 5.04. The lowest BCUT2D eigenvalue weighted by molar-refractivity contribution is -0.133. The number of ether oxygens (including phenoxy) is 1. The Balaban J connectivity index is 1.81. The molecule has 4 nitrogen and oxygen atoms in total. The molecule has 0 bridgehead atoms. The van der Waals surface area contributed by atoms with Gasteiger partial charge in [0.25, 0.3) is 0 Å². The summed E-state index contributed by atoms with van der Waals surface area (Å²) in [5, 5.41) is 11.1. The van der Waals surface area contributed by atoms with Gasteiger partial charge in [-0.3, -0.25) is 4.98 Å². The minimum absolute atomic E-state index is 0.450. The number of hydrogen-bond donors (Lipinski definition) is 1. The smallest absolute Gasteiger partial charge is 0.384 e. The van der Waals surface area contributed by atoms with Crippen molar-refractivity contribution in [3.8, 4) is 11.8 Å². The van der Waals surface area contributed by atoms with Crippen molar-refractivity contribution >= 4 is 16.9 Å². The maximum absolute atomic E-state index is 10.8. The first-order chi connectivity index (χ1) is 10.7. The number of carbonyl (C=O) groups excluding carboxylic acids is 1. The van der Waals surface area contributed by atoms with Gasteiger partial charge in [0.05, 0.1) is 18.7 Å². The number of methoxy groups -OCH3 is 1. The van der Waals surface area contributed by atoms with Crippen molar-refractivity contribution in [1.29, 1.82) is 0 Å². The van der Waals surface area contributed by atoms with Gasteiger partial charge in [-0.15, -0.1) is 0 Å². The van der Waals surface area contributed by atoms with Gasteiger partial charge in [0.1, 0.15) is 0 Å². The first-order valence-electron chi connectivity index (χ1n) is 7.28. The zero-order valence-electron chi connectivity index (χ0n) is 12.6. The van der Waals surface area contributed by atoms with E-state index in [9.17, 15) is 9.90 Å². The number of aliphatic hydroxyl groups excluding tert-OH is 1. The highest BCUT2D eigenvalue weighted by molar-refractivity contribution is 5.88. The number of benzene rings is 1. The molecule has 2 rings (SSSR count). The van der Waals surface area contributed by atoms with Crippen LogP contribution in [0.3, 0.4) is 0 Å². The third-order valence-electron chi connectivity index (χ3n) is 3.32. The van der Waals surface area contributed by atoms with Gasteiger partial charge in [-0.2, -0.15) is 0 Å². The lowest BCUT2D eigenvalue weighted by Crippen LogP contribution is -2.11. The van der Waals surface area contributed by atoms with E-state index in [1.165, 1.54) is 7.11 Å². The van der Waals surface area contributed by atoms with Gasteiger partial charge >= 0.3 is 5.97 Å². The van der Waals surface area contributed by atoms with Crippen molar-refractivity contribution in [2.45, 2.75) is 31.8 Å². The number of aliphatic hydroxyl groups is 1. The lowest BCUT2D eigenvalue weighted by atomic mass is 10.1. The third-order valence-corrected chi connectivity index (χ3v) is 3.32. The van der Waals surface area contributed by atoms with Gasteiger partial charge < -0.3 is 9.84 Å². The number of rotatable bonds is 5. The van der Waals surface area contributed by atoms with Crippen LogP contribution in [0.2, 0.25) is 0 Å². The van der Waals surface area contributed by atoms with Crippen LogP contribution in [0.4, 0.5) is 0 Å². The molecule has 1 aromatic heterocycles. The van der Waals surface area contributed by atoms with Gasteiger partial charge in [-0.05, 0) is 25.0 Å². The van der Waals surface area contributed by atoms with Gasteiger partial charge in [0.15, 0.2) is 0 Å². The van der Waals surface area contributed by atoms with Gasteiger partial charge in [0.2, 0.25) is 0 Å². The monoisotopic (exact) mass is 297 g/mol. The molecule has 1 unspecified atom stereocenters. The van der Waals surface area contributed by atoms with Gasteiger partial charge in [0, 0.05) is 29.8 Å². The number of pyridine rings is 1. The fourth-order valence-corrected chi connectivity index (χ4v) is 2.18. The molecule has 114 valence electrons. The first-order valence-corrected chi connectivity index (χ1v) is 7.28. The molecule has 1 N–H and O–H groups in total. The Kier molecular flexibility index (Phi) is 5.93. The number of aromatic nitrogens is 1. The molecule has 0 saturated heterocycles. The summed E-state index contributed by atoms with van der Waals surface area (Å²) in [7, 11) is 1.30. The standard InChI is InChI=1S/C18H19NO3/c1-22-18(21)10-4-2-3-8-16(20)13-15-12-11-14-7-5-6-9-17(14)19-15/h5-7,9,11-12,16,20H,2-3,8,13H2,1H3. The average molecular weight is 297 g/mol.